The molecule has 1 aromatic rings. The Labute approximate surface area is 120 Å². The Bertz CT molecular complexity index is 373. The van der Waals surface area contributed by atoms with Gasteiger partial charge in [-0.3, -0.25) is 0 Å². The first-order chi connectivity index (χ1) is 8.43. The molecule has 0 aliphatic heterocycles. The van der Waals surface area contributed by atoms with E-state index in [-0.39, 0.29) is 0 Å². The van der Waals surface area contributed by atoms with Gasteiger partial charge in [-0.05, 0) is 61.9 Å². The van der Waals surface area contributed by atoms with Crippen molar-refractivity contribution in [2.24, 2.45) is 11.8 Å². The summed E-state index contributed by atoms with van der Waals surface area (Å²) in [7, 11) is 2.06. The molecular formula is C16H26BrN. The monoisotopic (exact) mass is 311 g/mol. The van der Waals surface area contributed by atoms with E-state index in [0.717, 1.165) is 16.3 Å². The lowest BCUT2D eigenvalue weighted by Gasteiger charge is -2.23. The van der Waals surface area contributed by atoms with Gasteiger partial charge in [-0.2, -0.15) is 0 Å². The molecule has 2 heteroatoms. The summed E-state index contributed by atoms with van der Waals surface area (Å²) in [5.74, 6) is 1.54. The molecule has 0 heterocycles. The molecule has 0 fully saturated rings. The fourth-order valence-corrected chi connectivity index (χ4v) is 3.21. The van der Waals surface area contributed by atoms with Crippen LogP contribution in [0.1, 0.15) is 50.8 Å². The summed E-state index contributed by atoms with van der Waals surface area (Å²) in [6, 6.07) is 7.04. The van der Waals surface area contributed by atoms with Crippen LogP contribution in [0.25, 0.3) is 0 Å². The van der Waals surface area contributed by atoms with E-state index in [1.54, 1.807) is 0 Å². The Morgan fingerprint density at radius 3 is 2.33 bits per heavy atom. The van der Waals surface area contributed by atoms with E-state index < -0.39 is 0 Å². The van der Waals surface area contributed by atoms with Crippen LogP contribution in [0.3, 0.4) is 0 Å². The minimum atomic E-state index is 0.465. The van der Waals surface area contributed by atoms with E-state index in [9.17, 15) is 0 Å². The quantitative estimate of drug-likeness (QED) is 0.771. The molecule has 0 aliphatic carbocycles. The number of halogens is 1. The summed E-state index contributed by atoms with van der Waals surface area (Å²) in [6.07, 6.45) is 2.50. The van der Waals surface area contributed by atoms with Gasteiger partial charge in [0.15, 0.2) is 0 Å². The van der Waals surface area contributed by atoms with Crippen LogP contribution in [-0.4, -0.2) is 7.05 Å². The van der Waals surface area contributed by atoms with E-state index in [1.807, 2.05) is 0 Å². The van der Waals surface area contributed by atoms with Gasteiger partial charge in [-0.1, -0.05) is 42.8 Å². The molecule has 0 radical (unpaired) electrons. The van der Waals surface area contributed by atoms with Crippen molar-refractivity contribution < 1.29 is 0 Å². The second-order valence-electron chi connectivity index (χ2n) is 5.81. The zero-order valence-electron chi connectivity index (χ0n) is 12.3. The molecule has 0 saturated carbocycles. The Balaban J connectivity index is 2.76. The van der Waals surface area contributed by atoms with Crippen molar-refractivity contribution in [2.75, 3.05) is 7.05 Å². The van der Waals surface area contributed by atoms with Gasteiger partial charge in [0, 0.05) is 10.5 Å². The van der Waals surface area contributed by atoms with Crippen molar-refractivity contribution >= 4 is 15.9 Å². The summed E-state index contributed by atoms with van der Waals surface area (Å²) in [5.41, 5.74) is 2.79. The van der Waals surface area contributed by atoms with Gasteiger partial charge in [0.25, 0.3) is 0 Å². The summed E-state index contributed by atoms with van der Waals surface area (Å²) in [5, 5.41) is 3.47. The largest absolute Gasteiger partial charge is 0.313 e. The molecule has 2 atom stereocenters. The van der Waals surface area contributed by atoms with Gasteiger partial charge in [0.05, 0.1) is 0 Å². The maximum absolute atomic E-state index is 3.53. The lowest BCUT2D eigenvalue weighted by Crippen LogP contribution is -2.20. The van der Waals surface area contributed by atoms with Crippen LogP contribution in [0, 0.1) is 18.8 Å². The third-order valence-corrected chi connectivity index (χ3v) is 3.96. The average Bonchev–Trinajstić information content (AvgIpc) is 2.25. The van der Waals surface area contributed by atoms with E-state index in [2.05, 4.69) is 74.2 Å². The smallest absolute Gasteiger partial charge is 0.0322 e. The number of nitrogens with one attached hydrogen (secondary N) is 1. The van der Waals surface area contributed by atoms with Crippen LogP contribution in [-0.2, 0) is 0 Å². The summed E-state index contributed by atoms with van der Waals surface area (Å²) in [6.45, 7) is 9.15. The van der Waals surface area contributed by atoms with Gasteiger partial charge < -0.3 is 5.32 Å². The Kier molecular flexibility index (Phi) is 6.37. The number of aryl methyl sites for hydroxylation is 1. The second-order valence-corrected chi connectivity index (χ2v) is 6.73. The molecule has 0 aliphatic rings. The van der Waals surface area contributed by atoms with E-state index in [0.29, 0.717) is 6.04 Å². The molecular weight excluding hydrogens is 286 g/mol. The molecule has 102 valence electrons. The molecule has 0 bridgehead atoms. The van der Waals surface area contributed by atoms with Gasteiger partial charge in [-0.15, -0.1) is 0 Å². The summed E-state index contributed by atoms with van der Waals surface area (Å²) >= 11 is 3.53. The number of hydrogen-bond acceptors (Lipinski definition) is 1. The second kappa shape index (κ2) is 7.30. The predicted octanol–water partition coefficient (Wildman–Crippen LogP) is 5.09. The lowest BCUT2D eigenvalue weighted by atomic mass is 9.88. The molecule has 1 N–H and O–H groups in total. The Morgan fingerprint density at radius 1 is 1.17 bits per heavy atom. The van der Waals surface area contributed by atoms with Crippen molar-refractivity contribution in [1.29, 1.82) is 0 Å². The van der Waals surface area contributed by atoms with Crippen LogP contribution in [0.4, 0.5) is 0 Å². The molecule has 18 heavy (non-hydrogen) atoms. The SMILES string of the molecule is CNC(CC(C)CC(C)C)c1ccc(Br)cc1C. The first-order valence-corrected chi connectivity index (χ1v) is 7.66. The minimum Gasteiger partial charge on any atom is -0.313 e. The first-order valence-electron chi connectivity index (χ1n) is 6.87. The zero-order chi connectivity index (χ0) is 13.7. The van der Waals surface area contributed by atoms with Crippen molar-refractivity contribution in [2.45, 2.75) is 46.6 Å². The molecule has 1 nitrogen and oxygen atoms in total. The van der Waals surface area contributed by atoms with Crippen LogP contribution >= 0.6 is 15.9 Å². The van der Waals surface area contributed by atoms with Gasteiger partial charge in [0.2, 0.25) is 0 Å². The van der Waals surface area contributed by atoms with E-state index >= 15 is 0 Å². The Hall–Kier alpha value is -0.340. The molecule has 0 spiro atoms. The highest BCUT2D eigenvalue weighted by Gasteiger charge is 2.16. The van der Waals surface area contributed by atoms with Crippen molar-refractivity contribution in [1.82, 2.24) is 5.32 Å². The normalized spacial score (nSPS) is 14.8. The standard InChI is InChI=1S/C16H26BrN/c1-11(2)8-12(3)9-16(18-5)15-7-6-14(17)10-13(15)4/h6-7,10-12,16,18H,8-9H2,1-5H3. The molecule has 1 aromatic carbocycles. The average molecular weight is 312 g/mol. The Morgan fingerprint density at radius 2 is 1.83 bits per heavy atom. The highest BCUT2D eigenvalue weighted by molar-refractivity contribution is 9.10. The van der Waals surface area contributed by atoms with Crippen LogP contribution in [0.15, 0.2) is 22.7 Å². The first kappa shape index (κ1) is 15.7. The van der Waals surface area contributed by atoms with E-state index in [4.69, 9.17) is 0 Å². The van der Waals surface area contributed by atoms with Crippen LogP contribution < -0.4 is 5.32 Å². The predicted molar refractivity (Wildman–Crippen MR) is 83.9 cm³/mol. The lowest BCUT2D eigenvalue weighted by molar-refractivity contribution is 0.366. The summed E-state index contributed by atoms with van der Waals surface area (Å²) in [4.78, 5) is 0. The van der Waals surface area contributed by atoms with Crippen molar-refractivity contribution in [3.63, 3.8) is 0 Å². The molecule has 0 amide bonds. The highest BCUT2D eigenvalue weighted by Crippen LogP contribution is 2.28. The van der Waals surface area contributed by atoms with Gasteiger partial charge in [0.1, 0.15) is 0 Å². The van der Waals surface area contributed by atoms with Crippen molar-refractivity contribution in [3.8, 4) is 0 Å². The number of rotatable bonds is 6. The highest BCUT2D eigenvalue weighted by atomic mass is 79.9. The molecule has 0 aromatic heterocycles. The van der Waals surface area contributed by atoms with Gasteiger partial charge >= 0.3 is 0 Å². The minimum absolute atomic E-state index is 0.465. The summed E-state index contributed by atoms with van der Waals surface area (Å²) < 4.78 is 1.16. The molecule has 0 saturated heterocycles. The maximum atomic E-state index is 3.53. The van der Waals surface area contributed by atoms with Crippen molar-refractivity contribution in [3.05, 3.63) is 33.8 Å². The van der Waals surface area contributed by atoms with Crippen LogP contribution in [0.2, 0.25) is 0 Å². The fraction of sp³-hybridized carbons (Fsp3) is 0.625. The fourth-order valence-electron chi connectivity index (χ4n) is 2.73. The van der Waals surface area contributed by atoms with Gasteiger partial charge in [-0.25, -0.2) is 0 Å². The number of benzene rings is 1. The third-order valence-electron chi connectivity index (χ3n) is 3.47. The maximum Gasteiger partial charge on any atom is 0.0322 e. The molecule has 1 rings (SSSR count). The zero-order valence-corrected chi connectivity index (χ0v) is 13.8. The van der Waals surface area contributed by atoms with Crippen LogP contribution in [0.5, 0.6) is 0 Å². The molecule has 2 unspecified atom stereocenters. The van der Waals surface area contributed by atoms with E-state index in [1.165, 1.54) is 24.0 Å². The topological polar surface area (TPSA) is 12.0 Å². The number of hydrogen-bond donors (Lipinski definition) is 1. The third kappa shape index (κ3) is 4.74.